The standard InChI is InChI=1S/C55H74ClF6N7O6/c1-33(2)26-41-49(72)68(6)45(28-37-27-38(56)22-23-40(37)34-16-18-35(19-17-34)42-14-11-13-24-65(42)3)50(73)66(4)25-12-9-7-8-10-15-43(47(70)63-41)67(5)51(74)46(36-20-21-36)64-48(71)44-29-39(57)30-69(44)52(75)53(55(60,61)62)31-54(58,59)32-53/h16-19,22-23,27,33,36,39,41-46H,7-15,20-21,24-26,28-32H2,1-6H3,(H,63,70)(H,64,71)/t39-,41+,42?,43+,44+,45+,46?/m1/s1. The van der Waals surface area contributed by atoms with Gasteiger partial charge in [0, 0.05) is 64.4 Å². The molecule has 2 aliphatic carbocycles. The zero-order chi connectivity index (χ0) is 54.7. The lowest BCUT2D eigenvalue weighted by molar-refractivity contribution is -0.299. The Labute approximate surface area is 441 Å². The Kier molecular flexibility index (Phi) is 18.3. The van der Waals surface area contributed by atoms with E-state index in [1.807, 2.05) is 26.0 Å². The van der Waals surface area contributed by atoms with Gasteiger partial charge in [0.1, 0.15) is 36.4 Å². The van der Waals surface area contributed by atoms with E-state index in [-0.39, 0.29) is 31.1 Å². The molecule has 414 valence electrons. The molecule has 6 amide bonds. The predicted molar refractivity (Wildman–Crippen MR) is 272 cm³/mol. The largest absolute Gasteiger partial charge is 0.403 e. The fourth-order valence-corrected chi connectivity index (χ4v) is 11.9. The molecule has 3 heterocycles. The first-order valence-electron chi connectivity index (χ1n) is 26.7. The van der Waals surface area contributed by atoms with Crippen LogP contribution in [0.5, 0.6) is 0 Å². The lowest BCUT2D eigenvalue weighted by Crippen LogP contribution is -2.65. The number of hydrogen-bond donors (Lipinski definition) is 2. The molecule has 75 heavy (non-hydrogen) atoms. The van der Waals surface area contributed by atoms with Crippen molar-refractivity contribution in [3.05, 3.63) is 58.6 Å². The first kappa shape index (κ1) is 57.8. The number of halogens is 7. The van der Waals surface area contributed by atoms with Crippen LogP contribution in [0.3, 0.4) is 0 Å². The average Bonchev–Trinajstić information content (AvgIpc) is 4.12. The minimum atomic E-state index is -5.40. The predicted octanol–water partition coefficient (Wildman–Crippen LogP) is 8.52. The second-order valence-corrected chi connectivity index (χ2v) is 22.9. The Bertz CT molecular complexity index is 2400. The monoisotopic (exact) mass is 1080 g/mol. The van der Waals surface area contributed by atoms with Crippen molar-refractivity contribution in [2.24, 2.45) is 17.3 Å². The molecule has 0 aromatic heterocycles. The molecule has 5 fully saturated rings. The smallest absolute Gasteiger partial charge is 0.344 e. The fraction of sp³-hybridized carbons (Fsp3) is 0.673. The Hall–Kier alpha value is -4.91. The minimum Gasteiger partial charge on any atom is -0.344 e. The van der Waals surface area contributed by atoms with Gasteiger partial charge in [0.05, 0.1) is 6.54 Å². The van der Waals surface area contributed by atoms with Gasteiger partial charge in [0.25, 0.3) is 5.92 Å². The van der Waals surface area contributed by atoms with Gasteiger partial charge in [-0.3, -0.25) is 33.7 Å². The molecule has 0 spiro atoms. The van der Waals surface area contributed by atoms with Crippen molar-refractivity contribution < 1.29 is 55.1 Å². The van der Waals surface area contributed by atoms with E-state index in [1.54, 1.807) is 25.1 Å². The maximum absolute atomic E-state index is 15.0. The number of amides is 6. The first-order chi connectivity index (χ1) is 35.3. The van der Waals surface area contributed by atoms with E-state index < -0.39 is 115 Å². The summed E-state index contributed by atoms with van der Waals surface area (Å²) in [6.07, 6.45) is -3.66. The number of piperidine rings is 1. The lowest BCUT2D eigenvalue weighted by Gasteiger charge is -2.48. The zero-order valence-electron chi connectivity index (χ0n) is 44.0. The summed E-state index contributed by atoms with van der Waals surface area (Å²) in [6.45, 7) is 4.30. The summed E-state index contributed by atoms with van der Waals surface area (Å²) in [5.74, 6) is -9.49. The molecule has 2 aromatic carbocycles. The van der Waals surface area contributed by atoms with E-state index in [0.29, 0.717) is 54.6 Å². The summed E-state index contributed by atoms with van der Waals surface area (Å²) in [5.41, 5.74) is 0.254. The van der Waals surface area contributed by atoms with Crippen LogP contribution in [0.15, 0.2) is 42.5 Å². The molecule has 0 bridgehead atoms. The Morgan fingerprint density at radius 1 is 0.867 bits per heavy atom. The van der Waals surface area contributed by atoms with Crippen molar-refractivity contribution >= 4 is 47.0 Å². The van der Waals surface area contributed by atoms with Gasteiger partial charge >= 0.3 is 6.18 Å². The van der Waals surface area contributed by atoms with Crippen LogP contribution in [0.25, 0.3) is 11.1 Å². The molecule has 5 aliphatic rings. The van der Waals surface area contributed by atoms with E-state index >= 15 is 0 Å². The number of likely N-dealkylation sites (tertiary alicyclic amines) is 2. The number of nitrogens with one attached hydrogen (secondary N) is 2. The molecule has 3 saturated heterocycles. The van der Waals surface area contributed by atoms with Crippen molar-refractivity contribution in [2.45, 2.75) is 171 Å². The highest BCUT2D eigenvalue weighted by molar-refractivity contribution is 6.30. The van der Waals surface area contributed by atoms with Crippen molar-refractivity contribution in [1.82, 2.24) is 35.1 Å². The summed E-state index contributed by atoms with van der Waals surface area (Å²) >= 11 is 6.66. The van der Waals surface area contributed by atoms with Crippen LogP contribution in [0.1, 0.15) is 127 Å². The fourth-order valence-electron chi connectivity index (χ4n) is 11.7. The van der Waals surface area contributed by atoms with Crippen LogP contribution < -0.4 is 10.6 Å². The van der Waals surface area contributed by atoms with Gasteiger partial charge in [-0.25, -0.2) is 13.2 Å². The van der Waals surface area contributed by atoms with Crippen molar-refractivity contribution in [2.75, 3.05) is 47.8 Å². The maximum Gasteiger partial charge on any atom is 0.403 e. The van der Waals surface area contributed by atoms with Crippen LogP contribution in [0.2, 0.25) is 5.02 Å². The van der Waals surface area contributed by atoms with Crippen LogP contribution in [-0.4, -0.2) is 156 Å². The van der Waals surface area contributed by atoms with Crippen LogP contribution in [-0.2, 0) is 35.2 Å². The molecule has 7 rings (SSSR count). The number of likely N-dealkylation sites (N-methyl/N-ethyl adjacent to an activating group) is 3. The van der Waals surface area contributed by atoms with Crippen molar-refractivity contribution in [3.8, 4) is 11.1 Å². The second-order valence-electron chi connectivity index (χ2n) is 22.5. The van der Waals surface area contributed by atoms with E-state index in [0.717, 1.165) is 48.9 Å². The van der Waals surface area contributed by atoms with Crippen molar-refractivity contribution in [3.63, 3.8) is 0 Å². The molecular formula is C55H74ClF6N7O6. The van der Waals surface area contributed by atoms with Crippen molar-refractivity contribution in [1.29, 1.82) is 0 Å². The van der Waals surface area contributed by atoms with Gasteiger partial charge in [-0.15, -0.1) is 0 Å². The molecule has 0 radical (unpaired) electrons. The van der Waals surface area contributed by atoms with Gasteiger partial charge in [-0.2, -0.15) is 13.2 Å². The number of rotatable bonds is 12. The molecule has 7 atom stereocenters. The van der Waals surface area contributed by atoms with E-state index in [2.05, 4.69) is 46.8 Å². The van der Waals surface area contributed by atoms with Gasteiger partial charge in [-0.1, -0.05) is 87.9 Å². The third-order valence-electron chi connectivity index (χ3n) is 16.3. The third kappa shape index (κ3) is 13.3. The number of benzene rings is 2. The van der Waals surface area contributed by atoms with E-state index in [1.165, 1.54) is 28.8 Å². The third-order valence-corrected chi connectivity index (χ3v) is 16.5. The van der Waals surface area contributed by atoms with Crippen LogP contribution >= 0.6 is 11.6 Å². The molecule has 3 aliphatic heterocycles. The molecule has 2 N–H and O–H groups in total. The minimum absolute atomic E-state index is 0.100. The average molecular weight is 1080 g/mol. The van der Waals surface area contributed by atoms with E-state index in [4.69, 9.17) is 11.6 Å². The molecule has 2 unspecified atom stereocenters. The summed E-state index contributed by atoms with van der Waals surface area (Å²) in [4.78, 5) is 93.4. The first-order valence-corrected chi connectivity index (χ1v) is 27.1. The molecule has 20 heteroatoms. The highest BCUT2D eigenvalue weighted by atomic mass is 35.5. The van der Waals surface area contributed by atoms with E-state index in [9.17, 15) is 55.1 Å². The zero-order valence-corrected chi connectivity index (χ0v) is 44.8. The van der Waals surface area contributed by atoms with Crippen LogP contribution in [0.4, 0.5) is 26.3 Å². The summed E-state index contributed by atoms with van der Waals surface area (Å²) in [5, 5.41) is 5.94. The SMILES string of the molecule is CC(C)C[C@@H]1NC(=O)[C@@H](N(C)C(=O)C(NC(=O)[C@@H]2C[C@@H](F)CN2C(=O)C2(C(F)(F)F)CC(F)(F)C2)C2CC2)CCCCCCCN(C)C(=O)[C@H](Cc2cc(Cl)ccc2-c2ccc(C3CCCCN3C)cc2)N(C)C1=O. The van der Waals surface area contributed by atoms with Crippen LogP contribution in [0, 0.1) is 17.3 Å². The number of carbonyl (C=O) groups is 6. The second kappa shape index (κ2) is 23.8. The molecular weight excluding hydrogens is 1000 g/mol. The number of nitrogens with zero attached hydrogens (tertiary/aromatic N) is 5. The van der Waals surface area contributed by atoms with Gasteiger partial charge < -0.3 is 30.2 Å². The number of carbonyl (C=O) groups excluding carboxylic acids is 6. The van der Waals surface area contributed by atoms with Gasteiger partial charge in [0.15, 0.2) is 5.41 Å². The Balaban J connectivity index is 1.12. The highest BCUT2D eigenvalue weighted by Crippen LogP contribution is 2.61. The lowest BCUT2D eigenvalue weighted by atomic mass is 9.64. The Morgan fingerprint density at radius 2 is 1.51 bits per heavy atom. The summed E-state index contributed by atoms with van der Waals surface area (Å²) in [7, 11) is 6.80. The molecule has 13 nitrogen and oxygen atoms in total. The van der Waals surface area contributed by atoms with Gasteiger partial charge in [-0.05, 0) is 105 Å². The normalized spacial score (nSPS) is 26.9. The topological polar surface area (TPSA) is 143 Å². The summed E-state index contributed by atoms with van der Waals surface area (Å²) < 4.78 is 85.7. The highest BCUT2D eigenvalue weighted by Gasteiger charge is 2.75. The maximum atomic E-state index is 15.0. The van der Waals surface area contributed by atoms with Gasteiger partial charge in [0.2, 0.25) is 35.4 Å². The number of hydrogen-bond acceptors (Lipinski definition) is 7. The quantitative estimate of drug-likeness (QED) is 0.203. The molecule has 2 aromatic rings. The summed E-state index contributed by atoms with van der Waals surface area (Å²) in [6, 6.07) is 7.78. The Morgan fingerprint density at radius 3 is 2.13 bits per heavy atom. The number of alkyl halides is 6. The molecule has 2 saturated carbocycles.